The summed E-state index contributed by atoms with van der Waals surface area (Å²) in [7, 11) is -4.99. The molecule has 0 aliphatic rings. The summed E-state index contributed by atoms with van der Waals surface area (Å²) in [5, 5.41) is 35.6. The topological polar surface area (TPSA) is 162 Å². The minimum Gasteiger partial charge on any atom is -0.394 e. The van der Waals surface area contributed by atoms with Crippen LogP contribution < -0.4 is 0 Å². The van der Waals surface area contributed by atoms with Gasteiger partial charge >= 0.3 is 10.4 Å². The molecule has 0 spiro atoms. The molecule has 0 aromatic carbocycles. The largest absolute Gasteiger partial charge is 0.398 e. The quantitative estimate of drug-likeness (QED) is 0.230. The van der Waals surface area contributed by atoms with Gasteiger partial charge in [0.25, 0.3) is 0 Å². The number of aldehydes is 1. The fourth-order valence-corrected chi connectivity index (χ4v) is 1.27. The molecule has 5 N–H and O–H groups in total. The zero-order chi connectivity index (χ0) is 12.9. The first-order valence-corrected chi connectivity index (χ1v) is 5.35. The Hall–Kier alpha value is -0.620. The summed E-state index contributed by atoms with van der Waals surface area (Å²) in [4.78, 5) is 10.3. The van der Waals surface area contributed by atoms with Crippen molar-refractivity contribution >= 4 is 16.7 Å². The number of carbonyl (C=O) groups is 1. The highest BCUT2D eigenvalue weighted by Gasteiger charge is 2.34. The lowest BCUT2D eigenvalue weighted by Crippen LogP contribution is -2.47. The molecule has 16 heavy (non-hydrogen) atoms. The summed E-state index contributed by atoms with van der Waals surface area (Å²) in [6.07, 6.45) is -8.21. The van der Waals surface area contributed by atoms with Gasteiger partial charge in [-0.1, -0.05) is 0 Å². The number of hydrogen-bond donors (Lipinski definition) is 5. The molecule has 0 bridgehead atoms. The Morgan fingerprint density at radius 3 is 2.00 bits per heavy atom. The summed E-state index contributed by atoms with van der Waals surface area (Å²) in [6.45, 7) is -0.921. The second-order valence-corrected chi connectivity index (χ2v) is 3.90. The number of hydrogen-bond acceptors (Lipinski definition) is 8. The van der Waals surface area contributed by atoms with Crippen LogP contribution in [0.1, 0.15) is 0 Å². The van der Waals surface area contributed by atoms with Crippen molar-refractivity contribution in [3.63, 3.8) is 0 Å². The van der Waals surface area contributed by atoms with E-state index < -0.39 is 41.4 Å². The molecule has 0 fully saturated rings. The minimum atomic E-state index is -4.99. The highest BCUT2D eigenvalue weighted by atomic mass is 32.3. The molecule has 9 nitrogen and oxygen atoms in total. The third kappa shape index (κ3) is 4.94. The summed E-state index contributed by atoms with van der Waals surface area (Å²) in [6, 6.07) is 0. The number of aliphatic hydroxyl groups excluding tert-OH is 4. The van der Waals surface area contributed by atoms with E-state index in [0.717, 1.165) is 0 Å². The van der Waals surface area contributed by atoms with E-state index in [1.807, 2.05) is 0 Å². The Kier molecular flexibility index (Phi) is 5.96. The summed E-state index contributed by atoms with van der Waals surface area (Å²) in [5.74, 6) is 0. The number of carbonyl (C=O) groups excluding carboxylic acids is 1. The molecule has 4 atom stereocenters. The fraction of sp³-hybridized carbons (Fsp3) is 0.833. The lowest BCUT2D eigenvalue weighted by atomic mass is 10.0. The summed E-state index contributed by atoms with van der Waals surface area (Å²) in [5.41, 5.74) is 0. The third-order valence-corrected chi connectivity index (χ3v) is 2.10. The molecular weight excluding hydrogens is 248 g/mol. The normalized spacial score (nSPS) is 19.8. The van der Waals surface area contributed by atoms with Crippen molar-refractivity contribution in [2.24, 2.45) is 0 Å². The van der Waals surface area contributed by atoms with E-state index in [1.54, 1.807) is 0 Å². The lowest BCUT2D eigenvalue weighted by Gasteiger charge is -2.24. The maximum absolute atomic E-state index is 10.3. The maximum Gasteiger partial charge on any atom is 0.398 e. The van der Waals surface area contributed by atoms with Gasteiger partial charge in [0, 0.05) is 0 Å². The molecule has 0 unspecified atom stereocenters. The van der Waals surface area contributed by atoms with Crippen LogP contribution in [0.25, 0.3) is 0 Å². The Balaban J connectivity index is 4.65. The highest BCUT2D eigenvalue weighted by molar-refractivity contribution is 7.80. The fourth-order valence-electron chi connectivity index (χ4n) is 0.830. The van der Waals surface area contributed by atoms with E-state index in [1.165, 1.54) is 0 Å². The van der Waals surface area contributed by atoms with Crippen molar-refractivity contribution in [1.82, 2.24) is 0 Å². The van der Waals surface area contributed by atoms with E-state index >= 15 is 0 Å². The molecule has 0 heterocycles. The Bertz CT molecular complexity index is 312. The zero-order valence-corrected chi connectivity index (χ0v) is 8.69. The van der Waals surface area contributed by atoms with Gasteiger partial charge in [-0.05, 0) is 0 Å². The van der Waals surface area contributed by atoms with Gasteiger partial charge in [-0.25, -0.2) is 4.18 Å². The van der Waals surface area contributed by atoms with Crippen LogP contribution in [0, 0.1) is 0 Å². The van der Waals surface area contributed by atoms with Crippen LogP contribution in [0.15, 0.2) is 0 Å². The zero-order valence-electron chi connectivity index (χ0n) is 7.87. The molecule has 0 aromatic heterocycles. The highest BCUT2D eigenvalue weighted by Crippen LogP contribution is 2.08. The Morgan fingerprint density at radius 2 is 1.69 bits per heavy atom. The van der Waals surface area contributed by atoms with Gasteiger partial charge in [0.2, 0.25) is 0 Å². The van der Waals surface area contributed by atoms with Gasteiger partial charge in [-0.2, -0.15) is 8.42 Å². The average Bonchev–Trinajstić information content (AvgIpc) is 2.21. The molecule has 0 radical (unpaired) electrons. The van der Waals surface area contributed by atoms with Crippen LogP contribution in [0.4, 0.5) is 0 Å². The Labute approximate surface area is 90.9 Å². The van der Waals surface area contributed by atoms with Gasteiger partial charge in [-0.3, -0.25) is 4.55 Å². The van der Waals surface area contributed by atoms with Crippen LogP contribution in [-0.4, -0.2) is 70.7 Å². The van der Waals surface area contributed by atoms with Gasteiger partial charge in [0.15, 0.2) is 12.4 Å². The minimum absolute atomic E-state index is 0.189. The second-order valence-electron chi connectivity index (χ2n) is 2.86. The molecule has 0 aromatic rings. The van der Waals surface area contributed by atoms with Crippen molar-refractivity contribution in [3.8, 4) is 0 Å². The van der Waals surface area contributed by atoms with Crippen molar-refractivity contribution in [3.05, 3.63) is 0 Å². The molecular formula is C6H12O9S. The summed E-state index contributed by atoms with van der Waals surface area (Å²) < 4.78 is 32.4. The number of aliphatic hydroxyl groups is 4. The molecule has 10 heteroatoms. The van der Waals surface area contributed by atoms with Crippen LogP contribution >= 0.6 is 0 Å². The van der Waals surface area contributed by atoms with Crippen molar-refractivity contribution in [2.45, 2.75) is 24.4 Å². The van der Waals surface area contributed by atoms with Gasteiger partial charge in [0.05, 0.1) is 6.61 Å². The molecule has 0 saturated carbocycles. The molecule has 96 valence electrons. The average molecular weight is 260 g/mol. The monoisotopic (exact) mass is 260 g/mol. The molecule has 0 aliphatic carbocycles. The van der Waals surface area contributed by atoms with E-state index in [0.29, 0.717) is 0 Å². The first-order chi connectivity index (χ1) is 7.22. The van der Waals surface area contributed by atoms with Crippen LogP contribution in [-0.2, 0) is 19.4 Å². The van der Waals surface area contributed by atoms with E-state index in [9.17, 15) is 18.3 Å². The van der Waals surface area contributed by atoms with Gasteiger partial charge < -0.3 is 25.2 Å². The second kappa shape index (κ2) is 6.20. The molecule has 0 aliphatic heterocycles. The Morgan fingerprint density at radius 1 is 1.19 bits per heavy atom. The smallest absolute Gasteiger partial charge is 0.394 e. The molecule has 0 rings (SSSR count). The van der Waals surface area contributed by atoms with Crippen LogP contribution in [0.5, 0.6) is 0 Å². The van der Waals surface area contributed by atoms with Crippen LogP contribution in [0.2, 0.25) is 0 Å². The predicted octanol–water partition coefficient (Wildman–Crippen LogP) is -3.55. The maximum atomic E-state index is 10.3. The first-order valence-electron chi connectivity index (χ1n) is 3.99. The van der Waals surface area contributed by atoms with Crippen LogP contribution in [0.3, 0.4) is 0 Å². The third-order valence-electron chi connectivity index (χ3n) is 1.63. The van der Waals surface area contributed by atoms with E-state index in [-0.39, 0.29) is 6.29 Å². The van der Waals surface area contributed by atoms with E-state index in [4.69, 9.17) is 19.9 Å². The lowest BCUT2D eigenvalue weighted by molar-refractivity contribution is -0.133. The van der Waals surface area contributed by atoms with Crippen molar-refractivity contribution < 1.29 is 42.4 Å². The van der Waals surface area contributed by atoms with Crippen molar-refractivity contribution in [2.75, 3.05) is 6.61 Å². The molecule has 0 amide bonds. The first kappa shape index (κ1) is 15.4. The molecule has 0 saturated heterocycles. The SMILES string of the molecule is O=C[C@@H](OS(=O)(=O)O)[C@H](O)[C@@H](O)[C@H](O)CO. The van der Waals surface area contributed by atoms with Gasteiger partial charge in [-0.15, -0.1) is 0 Å². The van der Waals surface area contributed by atoms with E-state index in [2.05, 4.69) is 4.18 Å². The predicted molar refractivity (Wildman–Crippen MR) is 47.6 cm³/mol. The van der Waals surface area contributed by atoms with Crippen molar-refractivity contribution in [1.29, 1.82) is 0 Å². The summed E-state index contributed by atoms with van der Waals surface area (Å²) >= 11 is 0. The number of rotatable bonds is 7. The van der Waals surface area contributed by atoms with Gasteiger partial charge in [0.1, 0.15) is 18.3 Å². The standard InChI is InChI=1S/C6H12O9S/c7-1-3(9)5(10)6(11)4(2-8)15-16(12,13)14/h2-7,9-11H,1H2,(H,12,13,14)/t3-,4-,5+,6+/m1/s1.